The molecule has 0 N–H and O–H groups in total. The quantitative estimate of drug-likeness (QED) is 0.596. The highest BCUT2D eigenvalue weighted by Crippen LogP contribution is 2.13. The Hall–Kier alpha value is -1.55. The second kappa shape index (κ2) is 6.91. The molecular weight excluding hydrogens is 242 g/mol. The first-order chi connectivity index (χ1) is 8.19. The SMILES string of the molecule is CCOC(=O)CN(C(=O)CCl)c1ccccc1. The molecular formula is C12H14ClNO3. The van der Waals surface area contributed by atoms with E-state index in [0.29, 0.717) is 5.69 Å². The van der Waals surface area contributed by atoms with Gasteiger partial charge in [0.1, 0.15) is 12.4 Å². The van der Waals surface area contributed by atoms with Gasteiger partial charge in [-0.3, -0.25) is 9.59 Å². The highest BCUT2D eigenvalue weighted by atomic mass is 35.5. The molecule has 0 aliphatic heterocycles. The van der Waals surface area contributed by atoms with Gasteiger partial charge >= 0.3 is 5.97 Å². The molecule has 0 aromatic heterocycles. The number of carbonyl (C=O) groups is 2. The van der Waals surface area contributed by atoms with Crippen molar-refractivity contribution >= 4 is 29.2 Å². The lowest BCUT2D eigenvalue weighted by Gasteiger charge is -2.20. The molecule has 0 aliphatic rings. The van der Waals surface area contributed by atoms with E-state index in [2.05, 4.69) is 0 Å². The number of anilines is 1. The van der Waals surface area contributed by atoms with Gasteiger partial charge in [0.2, 0.25) is 5.91 Å². The number of amides is 1. The molecule has 1 rings (SSSR count). The number of ether oxygens (including phenoxy) is 1. The van der Waals surface area contributed by atoms with Crippen LogP contribution in [-0.4, -0.2) is 30.9 Å². The fraction of sp³-hybridized carbons (Fsp3) is 0.333. The molecule has 0 spiro atoms. The number of esters is 1. The van der Waals surface area contributed by atoms with Gasteiger partial charge in [0.25, 0.3) is 0 Å². The number of hydrogen-bond acceptors (Lipinski definition) is 3. The van der Waals surface area contributed by atoms with Crippen molar-refractivity contribution < 1.29 is 14.3 Å². The van der Waals surface area contributed by atoms with Crippen LogP contribution in [0.2, 0.25) is 0 Å². The van der Waals surface area contributed by atoms with E-state index < -0.39 is 5.97 Å². The molecule has 0 bridgehead atoms. The van der Waals surface area contributed by atoms with Crippen LogP contribution in [0.5, 0.6) is 0 Å². The third kappa shape index (κ3) is 4.07. The predicted molar refractivity (Wildman–Crippen MR) is 66.1 cm³/mol. The summed E-state index contributed by atoms with van der Waals surface area (Å²) < 4.78 is 4.81. The van der Waals surface area contributed by atoms with E-state index in [-0.39, 0.29) is 24.9 Å². The van der Waals surface area contributed by atoms with Crippen molar-refractivity contribution in [3.05, 3.63) is 30.3 Å². The molecule has 92 valence electrons. The van der Waals surface area contributed by atoms with E-state index in [1.54, 1.807) is 31.2 Å². The fourth-order valence-electron chi connectivity index (χ4n) is 1.34. The van der Waals surface area contributed by atoms with Gasteiger partial charge in [0.05, 0.1) is 6.61 Å². The molecule has 1 aromatic carbocycles. The summed E-state index contributed by atoms with van der Waals surface area (Å²) >= 11 is 5.51. The number of benzene rings is 1. The monoisotopic (exact) mass is 255 g/mol. The Bertz CT molecular complexity index is 381. The Kier molecular flexibility index (Phi) is 5.49. The molecule has 1 aromatic rings. The van der Waals surface area contributed by atoms with Crippen LogP contribution in [0.4, 0.5) is 5.69 Å². The van der Waals surface area contributed by atoms with Crippen LogP contribution in [0.3, 0.4) is 0 Å². The van der Waals surface area contributed by atoms with Gasteiger partial charge in [-0.1, -0.05) is 18.2 Å². The molecule has 0 saturated carbocycles. The molecule has 0 radical (unpaired) electrons. The Balaban J connectivity index is 2.82. The molecule has 17 heavy (non-hydrogen) atoms. The standard InChI is InChI=1S/C12H14ClNO3/c1-2-17-12(16)9-14(11(15)8-13)10-6-4-3-5-7-10/h3-7H,2,8-9H2,1H3. The Morgan fingerprint density at radius 3 is 2.47 bits per heavy atom. The Morgan fingerprint density at radius 2 is 1.94 bits per heavy atom. The van der Waals surface area contributed by atoms with Crippen LogP contribution < -0.4 is 4.90 Å². The van der Waals surface area contributed by atoms with Crippen molar-refractivity contribution in [3.63, 3.8) is 0 Å². The minimum atomic E-state index is -0.449. The lowest BCUT2D eigenvalue weighted by Crippen LogP contribution is -2.37. The van der Waals surface area contributed by atoms with Crippen LogP contribution in [0, 0.1) is 0 Å². The number of carbonyl (C=O) groups excluding carboxylic acids is 2. The number of halogens is 1. The van der Waals surface area contributed by atoms with Gasteiger partial charge in [-0.2, -0.15) is 0 Å². The second-order valence-electron chi connectivity index (χ2n) is 3.25. The summed E-state index contributed by atoms with van der Waals surface area (Å²) in [5, 5.41) is 0. The summed E-state index contributed by atoms with van der Waals surface area (Å²) in [5.74, 6) is -0.949. The third-order valence-electron chi connectivity index (χ3n) is 2.08. The molecule has 0 saturated heterocycles. The summed E-state index contributed by atoms with van der Waals surface area (Å²) in [6.07, 6.45) is 0. The average molecular weight is 256 g/mol. The zero-order valence-electron chi connectivity index (χ0n) is 9.56. The highest BCUT2D eigenvalue weighted by molar-refractivity contribution is 6.29. The smallest absolute Gasteiger partial charge is 0.326 e. The van der Waals surface area contributed by atoms with Crippen molar-refractivity contribution in [1.82, 2.24) is 0 Å². The maximum atomic E-state index is 11.6. The van der Waals surface area contributed by atoms with Crippen molar-refractivity contribution in [2.24, 2.45) is 0 Å². The van der Waals surface area contributed by atoms with E-state index in [0.717, 1.165) is 0 Å². The van der Waals surface area contributed by atoms with E-state index in [9.17, 15) is 9.59 Å². The Labute approximate surface area is 105 Å². The van der Waals surface area contributed by atoms with Gasteiger partial charge in [0.15, 0.2) is 0 Å². The molecule has 0 heterocycles. The van der Waals surface area contributed by atoms with Crippen molar-refractivity contribution in [2.45, 2.75) is 6.92 Å². The number of para-hydroxylation sites is 1. The van der Waals surface area contributed by atoms with Gasteiger partial charge in [-0.05, 0) is 19.1 Å². The molecule has 0 aliphatic carbocycles. The molecule has 0 unspecified atom stereocenters. The number of hydrogen-bond donors (Lipinski definition) is 0. The van der Waals surface area contributed by atoms with Crippen molar-refractivity contribution in [2.75, 3.05) is 23.9 Å². The van der Waals surface area contributed by atoms with Gasteiger partial charge in [-0.25, -0.2) is 0 Å². The first kappa shape index (κ1) is 13.5. The van der Waals surface area contributed by atoms with Crippen LogP contribution in [-0.2, 0) is 14.3 Å². The minimum Gasteiger partial charge on any atom is -0.465 e. The van der Waals surface area contributed by atoms with Gasteiger partial charge in [0, 0.05) is 5.69 Å². The zero-order chi connectivity index (χ0) is 12.7. The minimum absolute atomic E-state index is 0.122. The predicted octanol–water partition coefficient (Wildman–Crippen LogP) is 1.82. The maximum absolute atomic E-state index is 11.6. The topological polar surface area (TPSA) is 46.6 Å². The zero-order valence-corrected chi connectivity index (χ0v) is 10.3. The van der Waals surface area contributed by atoms with E-state index >= 15 is 0 Å². The Morgan fingerprint density at radius 1 is 1.29 bits per heavy atom. The molecule has 5 heteroatoms. The summed E-state index contributed by atoms with van der Waals surface area (Å²) in [6, 6.07) is 8.88. The van der Waals surface area contributed by atoms with Crippen molar-refractivity contribution in [3.8, 4) is 0 Å². The van der Waals surface area contributed by atoms with Crippen LogP contribution in [0.1, 0.15) is 6.92 Å². The van der Waals surface area contributed by atoms with Crippen LogP contribution >= 0.6 is 11.6 Å². The first-order valence-corrected chi connectivity index (χ1v) is 5.79. The van der Waals surface area contributed by atoms with E-state index in [4.69, 9.17) is 16.3 Å². The molecule has 0 atom stereocenters. The summed E-state index contributed by atoms with van der Waals surface area (Å²) in [5.41, 5.74) is 0.631. The average Bonchev–Trinajstić information content (AvgIpc) is 2.36. The highest BCUT2D eigenvalue weighted by Gasteiger charge is 2.18. The van der Waals surface area contributed by atoms with E-state index in [1.807, 2.05) is 6.07 Å². The van der Waals surface area contributed by atoms with Crippen molar-refractivity contribution in [1.29, 1.82) is 0 Å². The second-order valence-corrected chi connectivity index (χ2v) is 3.52. The number of alkyl halides is 1. The summed E-state index contributed by atoms with van der Waals surface area (Å²) in [6.45, 7) is 1.88. The molecule has 1 amide bonds. The largest absolute Gasteiger partial charge is 0.465 e. The lowest BCUT2D eigenvalue weighted by atomic mass is 10.3. The number of nitrogens with zero attached hydrogens (tertiary/aromatic N) is 1. The molecule has 0 fully saturated rings. The number of rotatable bonds is 5. The fourth-order valence-corrected chi connectivity index (χ4v) is 1.48. The third-order valence-corrected chi connectivity index (χ3v) is 2.30. The summed E-state index contributed by atoms with van der Waals surface area (Å²) in [7, 11) is 0. The maximum Gasteiger partial charge on any atom is 0.326 e. The molecule has 4 nitrogen and oxygen atoms in total. The summed E-state index contributed by atoms with van der Waals surface area (Å²) in [4.78, 5) is 24.3. The normalized spacial score (nSPS) is 9.76. The first-order valence-electron chi connectivity index (χ1n) is 5.26. The van der Waals surface area contributed by atoms with Crippen LogP contribution in [0.15, 0.2) is 30.3 Å². The van der Waals surface area contributed by atoms with Crippen LogP contribution in [0.25, 0.3) is 0 Å². The van der Waals surface area contributed by atoms with E-state index in [1.165, 1.54) is 4.90 Å². The van der Waals surface area contributed by atoms with Gasteiger partial charge in [-0.15, -0.1) is 11.6 Å². The van der Waals surface area contributed by atoms with Gasteiger partial charge < -0.3 is 9.64 Å². The lowest BCUT2D eigenvalue weighted by molar-refractivity contribution is -0.142.